The van der Waals surface area contributed by atoms with E-state index in [0.29, 0.717) is 6.54 Å². The SMILES string of the molecule is CCP(CC)(CC)=NCCN=C1NC(C)(C)N([O])C1(C)C. The molecule has 1 fully saturated rings. The summed E-state index contributed by atoms with van der Waals surface area (Å²) in [5.74, 6) is 0.783. The van der Waals surface area contributed by atoms with Crippen LogP contribution in [-0.4, -0.2) is 53.7 Å². The van der Waals surface area contributed by atoms with Crippen LogP contribution in [0, 0.1) is 0 Å². The number of nitrogens with zero attached hydrogens (tertiary/aromatic N) is 3. The van der Waals surface area contributed by atoms with Crippen LogP contribution < -0.4 is 5.32 Å². The van der Waals surface area contributed by atoms with Crippen molar-refractivity contribution in [2.75, 3.05) is 31.6 Å². The van der Waals surface area contributed by atoms with Crippen LogP contribution in [0.5, 0.6) is 0 Å². The number of nitrogens with one attached hydrogen (secondary N) is 1. The van der Waals surface area contributed by atoms with Gasteiger partial charge in [0.25, 0.3) is 0 Å². The number of hydrogen-bond donors (Lipinski definition) is 1. The van der Waals surface area contributed by atoms with Gasteiger partial charge in [0.05, 0.1) is 13.1 Å². The first-order chi connectivity index (χ1) is 9.65. The van der Waals surface area contributed by atoms with Crippen molar-refractivity contribution in [1.82, 2.24) is 10.4 Å². The van der Waals surface area contributed by atoms with Crippen LogP contribution in [0.4, 0.5) is 0 Å². The zero-order chi connectivity index (χ0) is 16.3. The van der Waals surface area contributed by atoms with Gasteiger partial charge in [-0.3, -0.25) is 4.99 Å². The van der Waals surface area contributed by atoms with Crippen molar-refractivity contribution in [3.8, 4) is 0 Å². The first kappa shape index (κ1) is 18.7. The van der Waals surface area contributed by atoms with E-state index in [-0.39, 0.29) is 0 Å². The zero-order valence-electron chi connectivity index (χ0n) is 14.7. The minimum absolute atomic E-state index is 0.587. The van der Waals surface area contributed by atoms with Crippen molar-refractivity contribution in [3.05, 3.63) is 0 Å². The summed E-state index contributed by atoms with van der Waals surface area (Å²) >= 11 is 0. The van der Waals surface area contributed by atoms with Gasteiger partial charge in [-0.2, -0.15) is 0 Å². The smallest absolute Gasteiger partial charge is 0.121 e. The molecule has 0 atom stereocenters. The minimum atomic E-state index is -1.11. The van der Waals surface area contributed by atoms with Gasteiger partial charge in [-0.25, -0.2) is 0 Å². The van der Waals surface area contributed by atoms with Crippen molar-refractivity contribution in [1.29, 1.82) is 0 Å². The lowest BCUT2D eigenvalue weighted by Gasteiger charge is -2.28. The number of aliphatic imine (C=N–C) groups is 1. The molecule has 0 amide bonds. The molecule has 0 aromatic rings. The first-order valence-electron chi connectivity index (χ1n) is 8.01. The third kappa shape index (κ3) is 3.88. The highest BCUT2D eigenvalue weighted by molar-refractivity contribution is 7.66. The van der Waals surface area contributed by atoms with E-state index in [1.54, 1.807) is 0 Å². The molecule has 0 saturated carbocycles. The largest absolute Gasteiger partial charge is 0.353 e. The van der Waals surface area contributed by atoms with Crippen LogP contribution in [0.2, 0.25) is 0 Å². The number of hydrogen-bond acceptors (Lipinski definition) is 3. The Kier molecular flexibility index (Phi) is 6.05. The van der Waals surface area contributed by atoms with Gasteiger partial charge in [0.15, 0.2) is 0 Å². The van der Waals surface area contributed by atoms with E-state index >= 15 is 0 Å². The molecule has 0 aromatic heterocycles. The fourth-order valence-corrected chi connectivity index (χ4v) is 5.37. The van der Waals surface area contributed by atoms with E-state index in [4.69, 9.17) is 4.74 Å². The maximum atomic E-state index is 12.2. The van der Waals surface area contributed by atoms with Crippen LogP contribution >= 0.6 is 7.05 Å². The van der Waals surface area contributed by atoms with E-state index in [0.717, 1.165) is 17.4 Å². The molecule has 0 bridgehead atoms. The maximum Gasteiger partial charge on any atom is 0.121 e. The second-order valence-corrected chi connectivity index (χ2v) is 11.0. The molecule has 1 rings (SSSR count). The topological polar surface area (TPSA) is 59.9 Å². The van der Waals surface area contributed by atoms with Crippen LogP contribution in [0.3, 0.4) is 0 Å². The van der Waals surface area contributed by atoms with E-state index in [1.807, 2.05) is 27.7 Å². The molecule has 0 unspecified atom stereocenters. The van der Waals surface area contributed by atoms with Crippen molar-refractivity contribution in [2.24, 2.45) is 9.74 Å². The molecular formula is C15H32N4OP. The quantitative estimate of drug-likeness (QED) is 0.603. The van der Waals surface area contributed by atoms with Gasteiger partial charge in [0.2, 0.25) is 0 Å². The molecule has 0 spiro atoms. The van der Waals surface area contributed by atoms with E-state index in [9.17, 15) is 5.21 Å². The Hall–Kier alpha value is -0.380. The van der Waals surface area contributed by atoms with Gasteiger partial charge in [-0.1, -0.05) is 20.8 Å². The van der Waals surface area contributed by atoms with Crippen molar-refractivity contribution < 1.29 is 5.21 Å². The average molecular weight is 315 g/mol. The highest BCUT2D eigenvalue weighted by Crippen LogP contribution is 2.48. The molecule has 123 valence electrons. The van der Waals surface area contributed by atoms with E-state index in [2.05, 4.69) is 31.1 Å². The summed E-state index contributed by atoms with van der Waals surface area (Å²) in [6, 6.07) is 0. The summed E-state index contributed by atoms with van der Waals surface area (Å²) in [7, 11) is -1.11. The molecule has 1 aliphatic heterocycles. The van der Waals surface area contributed by atoms with Crippen LogP contribution in [0.15, 0.2) is 9.74 Å². The molecule has 5 nitrogen and oxygen atoms in total. The predicted octanol–water partition coefficient (Wildman–Crippen LogP) is 3.41. The Labute approximate surface area is 130 Å². The Morgan fingerprint density at radius 3 is 1.95 bits per heavy atom. The summed E-state index contributed by atoms with van der Waals surface area (Å²) in [5, 5.41) is 16.6. The van der Waals surface area contributed by atoms with Crippen molar-refractivity contribution in [2.45, 2.75) is 59.7 Å². The molecule has 1 heterocycles. The summed E-state index contributed by atoms with van der Waals surface area (Å²) in [6.45, 7) is 15.8. The Morgan fingerprint density at radius 2 is 1.57 bits per heavy atom. The highest BCUT2D eigenvalue weighted by Gasteiger charge is 2.50. The molecule has 1 saturated heterocycles. The highest BCUT2D eigenvalue weighted by atomic mass is 31.2. The van der Waals surface area contributed by atoms with Gasteiger partial charge in [-0.05, 0) is 53.2 Å². The van der Waals surface area contributed by atoms with E-state index < -0.39 is 18.3 Å². The lowest BCUT2D eigenvalue weighted by Crippen LogP contribution is -2.48. The molecule has 1 radical (unpaired) electrons. The number of amidine groups is 1. The Morgan fingerprint density at radius 1 is 1.05 bits per heavy atom. The summed E-state index contributed by atoms with van der Waals surface area (Å²) in [5.41, 5.74) is -1.18. The lowest BCUT2D eigenvalue weighted by atomic mass is 10.1. The first-order valence-corrected chi connectivity index (χ1v) is 10.3. The zero-order valence-corrected chi connectivity index (χ0v) is 15.6. The standard InChI is InChI=1S/C15H32N4OP/c1-8-21(9-2,10-3)17-12-11-16-13-14(4,5)19(20)15(6,7)18-13/h8-12H2,1-7H3,(H,16,18). The van der Waals surface area contributed by atoms with Crippen LogP contribution in [-0.2, 0) is 5.21 Å². The molecule has 0 aromatic carbocycles. The van der Waals surface area contributed by atoms with E-state index in [1.165, 1.54) is 18.5 Å². The average Bonchev–Trinajstić information content (AvgIpc) is 2.60. The maximum absolute atomic E-state index is 12.2. The second kappa shape index (κ2) is 6.80. The fraction of sp³-hybridized carbons (Fsp3) is 0.933. The molecule has 6 heteroatoms. The molecule has 1 aliphatic rings. The monoisotopic (exact) mass is 315 g/mol. The molecular weight excluding hydrogens is 283 g/mol. The summed E-state index contributed by atoms with van der Waals surface area (Å²) in [6.07, 6.45) is 3.55. The fourth-order valence-electron chi connectivity index (χ4n) is 2.91. The predicted molar refractivity (Wildman–Crippen MR) is 92.0 cm³/mol. The van der Waals surface area contributed by atoms with Crippen molar-refractivity contribution >= 4 is 12.9 Å². The van der Waals surface area contributed by atoms with Gasteiger partial charge < -0.3 is 10.1 Å². The molecule has 1 N–H and O–H groups in total. The number of rotatable bonds is 6. The Bertz CT molecular complexity index is 424. The third-order valence-corrected chi connectivity index (χ3v) is 8.89. The second-order valence-electron chi connectivity index (χ2n) is 6.68. The summed E-state index contributed by atoms with van der Waals surface area (Å²) in [4.78, 5) is 4.62. The Balaban J connectivity index is 2.77. The van der Waals surface area contributed by atoms with Gasteiger partial charge >= 0.3 is 0 Å². The molecule has 21 heavy (non-hydrogen) atoms. The summed E-state index contributed by atoms with van der Waals surface area (Å²) < 4.78 is 4.96. The van der Waals surface area contributed by atoms with Crippen LogP contribution in [0.1, 0.15) is 48.5 Å². The van der Waals surface area contributed by atoms with Crippen molar-refractivity contribution in [3.63, 3.8) is 0 Å². The third-order valence-electron chi connectivity index (χ3n) is 4.56. The molecule has 0 aliphatic carbocycles. The normalized spacial score (nSPS) is 23.3. The number of hydroxylamine groups is 2. The lowest BCUT2D eigenvalue weighted by molar-refractivity contribution is -0.241. The van der Waals surface area contributed by atoms with Gasteiger partial charge in [0, 0.05) is 0 Å². The van der Waals surface area contributed by atoms with Crippen LogP contribution in [0.25, 0.3) is 0 Å². The minimum Gasteiger partial charge on any atom is -0.353 e. The van der Waals surface area contributed by atoms with Gasteiger partial charge in [-0.15, -0.1) is 10.3 Å². The van der Waals surface area contributed by atoms with Gasteiger partial charge in [0.1, 0.15) is 17.0 Å².